The fraction of sp³-hybridized carbons (Fsp3) is 0.368. The van der Waals surface area contributed by atoms with E-state index in [1.54, 1.807) is 6.20 Å². The van der Waals surface area contributed by atoms with E-state index < -0.39 is 0 Å². The SMILES string of the molecule is CC(C)CN(Cc1cccnc1)C(=O)c1ccc2c(c1)CCO2. The fourth-order valence-corrected chi connectivity index (χ4v) is 2.87. The first-order valence-electron chi connectivity index (χ1n) is 8.07. The van der Waals surface area contributed by atoms with Crippen LogP contribution in [0, 0.1) is 5.92 Å². The number of aromatic nitrogens is 1. The Bertz CT molecular complexity index is 683. The number of fused-ring (bicyclic) bond motifs is 1. The zero-order valence-corrected chi connectivity index (χ0v) is 13.7. The average Bonchev–Trinajstić information content (AvgIpc) is 3.01. The number of amides is 1. The molecule has 0 atom stereocenters. The third-order valence-electron chi connectivity index (χ3n) is 3.91. The quantitative estimate of drug-likeness (QED) is 0.851. The van der Waals surface area contributed by atoms with Crippen molar-refractivity contribution in [3.05, 3.63) is 59.4 Å². The second-order valence-corrected chi connectivity index (χ2v) is 6.36. The number of hydrogen-bond acceptors (Lipinski definition) is 3. The van der Waals surface area contributed by atoms with Crippen molar-refractivity contribution in [2.24, 2.45) is 5.92 Å². The molecular formula is C19H22N2O2. The summed E-state index contributed by atoms with van der Waals surface area (Å²) in [5.74, 6) is 1.38. The van der Waals surface area contributed by atoms with Crippen LogP contribution < -0.4 is 4.74 Å². The lowest BCUT2D eigenvalue weighted by Crippen LogP contribution is -2.33. The molecule has 4 nitrogen and oxygen atoms in total. The predicted octanol–water partition coefficient (Wildman–Crippen LogP) is 3.31. The van der Waals surface area contributed by atoms with E-state index in [-0.39, 0.29) is 5.91 Å². The Morgan fingerprint density at radius 2 is 2.22 bits per heavy atom. The molecule has 1 aromatic heterocycles. The largest absolute Gasteiger partial charge is 0.493 e. The van der Waals surface area contributed by atoms with Gasteiger partial charge < -0.3 is 9.64 Å². The summed E-state index contributed by atoms with van der Waals surface area (Å²) in [6.07, 6.45) is 4.44. The predicted molar refractivity (Wildman–Crippen MR) is 89.5 cm³/mol. The lowest BCUT2D eigenvalue weighted by atomic mass is 10.1. The molecule has 0 N–H and O–H groups in total. The Morgan fingerprint density at radius 1 is 1.35 bits per heavy atom. The summed E-state index contributed by atoms with van der Waals surface area (Å²) < 4.78 is 5.52. The molecule has 23 heavy (non-hydrogen) atoms. The molecule has 1 amide bonds. The molecule has 0 bridgehead atoms. The first-order chi connectivity index (χ1) is 11.1. The Labute approximate surface area is 137 Å². The van der Waals surface area contributed by atoms with E-state index in [2.05, 4.69) is 18.8 Å². The van der Waals surface area contributed by atoms with Gasteiger partial charge in [0, 0.05) is 37.5 Å². The minimum Gasteiger partial charge on any atom is -0.493 e. The van der Waals surface area contributed by atoms with Gasteiger partial charge in [-0.15, -0.1) is 0 Å². The number of pyridine rings is 1. The highest BCUT2D eigenvalue weighted by Gasteiger charge is 2.20. The molecule has 0 spiro atoms. The number of carbonyl (C=O) groups excluding carboxylic acids is 1. The fourth-order valence-electron chi connectivity index (χ4n) is 2.87. The average molecular weight is 310 g/mol. The van der Waals surface area contributed by atoms with Crippen LogP contribution in [0.2, 0.25) is 0 Å². The van der Waals surface area contributed by atoms with E-state index >= 15 is 0 Å². The first kappa shape index (κ1) is 15.5. The van der Waals surface area contributed by atoms with Gasteiger partial charge in [-0.1, -0.05) is 19.9 Å². The second-order valence-electron chi connectivity index (χ2n) is 6.36. The molecule has 0 radical (unpaired) electrons. The van der Waals surface area contributed by atoms with Crippen LogP contribution in [-0.2, 0) is 13.0 Å². The van der Waals surface area contributed by atoms with Crippen molar-refractivity contribution in [3.63, 3.8) is 0 Å². The molecule has 3 rings (SSSR count). The molecule has 120 valence electrons. The van der Waals surface area contributed by atoms with Gasteiger partial charge in [0.1, 0.15) is 5.75 Å². The van der Waals surface area contributed by atoms with Gasteiger partial charge in [0.25, 0.3) is 5.91 Å². The second kappa shape index (κ2) is 6.82. The van der Waals surface area contributed by atoms with E-state index in [1.165, 1.54) is 0 Å². The van der Waals surface area contributed by atoms with Gasteiger partial charge in [0.2, 0.25) is 0 Å². The van der Waals surface area contributed by atoms with Gasteiger partial charge in [-0.25, -0.2) is 0 Å². The molecular weight excluding hydrogens is 288 g/mol. The van der Waals surface area contributed by atoms with Crippen molar-refractivity contribution < 1.29 is 9.53 Å². The Hall–Kier alpha value is -2.36. The monoisotopic (exact) mass is 310 g/mol. The number of nitrogens with zero attached hydrogens (tertiary/aromatic N) is 2. The van der Waals surface area contributed by atoms with Gasteiger partial charge in [-0.3, -0.25) is 9.78 Å². The van der Waals surface area contributed by atoms with Gasteiger partial charge >= 0.3 is 0 Å². The number of benzene rings is 1. The normalized spacial score (nSPS) is 12.8. The van der Waals surface area contributed by atoms with Crippen molar-refractivity contribution >= 4 is 5.91 Å². The Kier molecular flexibility index (Phi) is 4.60. The summed E-state index contributed by atoms with van der Waals surface area (Å²) in [6.45, 7) is 6.26. The molecule has 2 heterocycles. The van der Waals surface area contributed by atoms with Crippen LogP contribution in [0.5, 0.6) is 5.75 Å². The lowest BCUT2D eigenvalue weighted by Gasteiger charge is -2.25. The molecule has 1 aliphatic heterocycles. The molecule has 0 saturated heterocycles. The minimum absolute atomic E-state index is 0.0669. The minimum atomic E-state index is 0.0669. The first-order valence-corrected chi connectivity index (χ1v) is 8.07. The van der Waals surface area contributed by atoms with Crippen LogP contribution >= 0.6 is 0 Å². The molecule has 1 aromatic carbocycles. The standard InChI is InChI=1S/C19H22N2O2/c1-14(2)12-21(13-15-4-3-8-20-11-15)19(22)17-5-6-18-16(10-17)7-9-23-18/h3-6,8,10-11,14H,7,9,12-13H2,1-2H3. The molecule has 0 aliphatic carbocycles. The van der Waals surface area contributed by atoms with Gasteiger partial charge in [0.15, 0.2) is 0 Å². The third kappa shape index (κ3) is 3.70. The highest BCUT2D eigenvalue weighted by atomic mass is 16.5. The number of carbonyl (C=O) groups is 1. The van der Waals surface area contributed by atoms with E-state index in [4.69, 9.17) is 4.74 Å². The van der Waals surface area contributed by atoms with E-state index in [9.17, 15) is 4.79 Å². The Balaban J connectivity index is 1.82. The topological polar surface area (TPSA) is 42.4 Å². The van der Waals surface area contributed by atoms with E-state index in [0.717, 1.165) is 35.4 Å². The molecule has 4 heteroatoms. The van der Waals surface area contributed by atoms with Crippen LogP contribution in [0.15, 0.2) is 42.7 Å². The summed E-state index contributed by atoms with van der Waals surface area (Å²) in [5, 5.41) is 0. The lowest BCUT2D eigenvalue weighted by molar-refractivity contribution is 0.0722. The maximum atomic E-state index is 12.9. The van der Waals surface area contributed by atoms with Crippen molar-refractivity contribution in [2.75, 3.05) is 13.2 Å². The van der Waals surface area contributed by atoms with Crippen molar-refractivity contribution in [1.82, 2.24) is 9.88 Å². The number of rotatable bonds is 5. The van der Waals surface area contributed by atoms with Crippen molar-refractivity contribution in [3.8, 4) is 5.75 Å². The summed E-state index contributed by atoms with van der Waals surface area (Å²) in [5.41, 5.74) is 2.91. The van der Waals surface area contributed by atoms with Crippen LogP contribution in [0.3, 0.4) is 0 Å². The summed E-state index contributed by atoms with van der Waals surface area (Å²) in [6, 6.07) is 9.65. The zero-order valence-electron chi connectivity index (χ0n) is 13.7. The molecule has 0 unspecified atom stereocenters. The van der Waals surface area contributed by atoms with E-state index in [0.29, 0.717) is 19.1 Å². The molecule has 0 saturated carbocycles. The molecule has 0 fully saturated rings. The highest BCUT2D eigenvalue weighted by Crippen LogP contribution is 2.26. The van der Waals surface area contributed by atoms with Crippen LogP contribution in [0.1, 0.15) is 35.3 Å². The number of hydrogen-bond donors (Lipinski definition) is 0. The molecule has 1 aliphatic rings. The van der Waals surface area contributed by atoms with Crippen LogP contribution in [-0.4, -0.2) is 28.9 Å². The van der Waals surface area contributed by atoms with Gasteiger partial charge in [-0.2, -0.15) is 0 Å². The van der Waals surface area contributed by atoms with Crippen molar-refractivity contribution in [1.29, 1.82) is 0 Å². The third-order valence-corrected chi connectivity index (χ3v) is 3.91. The van der Waals surface area contributed by atoms with Gasteiger partial charge in [0.05, 0.1) is 6.61 Å². The van der Waals surface area contributed by atoms with Crippen LogP contribution in [0.25, 0.3) is 0 Å². The van der Waals surface area contributed by atoms with Crippen LogP contribution in [0.4, 0.5) is 0 Å². The molecule has 2 aromatic rings. The maximum absolute atomic E-state index is 12.9. The maximum Gasteiger partial charge on any atom is 0.254 e. The summed E-state index contributed by atoms with van der Waals surface area (Å²) >= 11 is 0. The zero-order chi connectivity index (χ0) is 16.2. The summed E-state index contributed by atoms with van der Waals surface area (Å²) in [7, 11) is 0. The highest BCUT2D eigenvalue weighted by molar-refractivity contribution is 5.94. The Morgan fingerprint density at radius 3 is 2.96 bits per heavy atom. The number of ether oxygens (including phenoxy) is 1. The van der Waals surface area contributed by atoms with Crippen molar-refractivity contribution in [2.45, 2.75) is 26.8 Å². The van der Waals surface area contributed by atoms with E-state index in [1.807, 2.05) is 41.4 Å². The van der Waals surface area contributed by atoms with Gasteiger partial charge in [-0.05, 0) is 41.3 Å². The smallest absolute Gasteiger partial charge is 0.254 e. The summed E-state index contributed by atoms with van der Waals surface area (Å²) in [4.78, 5) is 19.0.